The van der Waals surface area contributed by atoms with Gasteiger partial charge in [0.1, 0.15) is 23.2 Å². The molecule has 2 bridgehead atoms. The largest absolute Gasteiger partial charge is 0.444 e. The molecule has 5 atom stereocenters. The van der Waals surface area contributed by atoms with Gasteiger partial charge >= 0.3 is 6.09 Å². The number of amides is 3. The summed E-state index contributed by atoms with van der Waals surface area (Å²) in [6.45, 7) is 8.66. The minimum absolute atomic E-state index is 0.0373. The highest BCUT2D eigenvalue weighted by Crippen LogP contribution is 2.57. The van der Waals surface area contributed by atoms with Crippen LogP contribution in [0.1, 0.15) is 50.7 Å². The predicted octanol–water partition coefficient (Wildman–Crippen LogP) is 2.61. The number of hydrogen-bond acceptors (Lipinski definition) is 6. The lowest BCUT2D eigenvalue weighted by molar-refractivity contribution is -0.129. The van der Waals surface area contributed by atoms with E-state index in [0.29, 0.717) is 12.2 Å². The monoisotopic (exact) mass is 550 g/mol. The highest BCUT2D eigenvalue weighted by molar-refractivity contribution is 7.60. The van der Waals surface area contributed by atoms with Crippen molar-refractivity contribution >= 4 is 25.8 Å². The third kappa shape index (κ3) is 6.64. The number of halogens is 1. The Morgan fingerprint density at radius 3 is 2.68 bits per heavy atom. The van der Waals surface area contributed by atoms with Crippen molar-refractivity contribution in [3.8, 4) is 0 Å². The number of nitrogens with two attached hydrogens (primary N) is 1. The maximum Gasteiger partial charge on any atom is 0.411 e. The first-order valence-electron chi connectivity index (χ1n) is 13.3. The Morgan fingerprint density at radius 1 is 1.26 bits per heavy atom. The van der Waals surface area contributed by atoms with Gasteiger partial charge in [-0.15, -0.1) is 0 Å². The number of carbonyl (C=O) groups excluding carboxylic acids is 3. The van der Waals surface area contributed by atoms with Crippen LogP contribution in [0.4, 0.5) is 9.18 Å². The fraction of sp³-hybridized carbons (Fsp3) is 0.667. The molecule has 4 rings (SSSR count). The molecule has 38 heavy (non-hydrogen) atoms. The molecule has 3 aliphatic rings. The van der Waals surface area contributed by atoms with Crippen LogP contribution in [0.2, 0.25) is 0 Å². The molecular weight excluding hydrogens is 510 g/mol. The van der Waals surface area contributed by atoms with Gasteiger partial charge in [-0.05, 0) is 75.6 Å². The normalized spacial score (nSPS) is 26.0. The van der Waals surface area contributed by atoms with Crippen LogP contribution in [0.25, 0.3) is 0 Å². The van der Waals surface area contributed by atoms with Crippen molar-refractivity contribution in [2.24, 2.45) is 5.73 Å². The van der Waals surface area contributed by atoms with Crippen molar-refractivity contribution in [1.29, 1.82) is 0 Å². The van der Waals surface area contributed by atoms with Crippen molar-refractivity contribution in [2.45, 2.75) is 69.4 Å². The number of benzene rings is 1. The molecule has 0 aliphatic carbocycles. The Morgan fingerprint density at radius 2 is 2.03 bits per heavy atom. The van der Waals surface area contributed by atoms with Gasteiger partial charge in [0.05, 0.1) is 6.61 Å². The van der Waals surface area contributed by atoms with Crippen molar-refractivity contribution in [2.75, 3.05) is 45.7 Å². The molecule has 0 radical (unpaired) electrons. The minimum Gasteiger partial charge on any atom is -0.444 e. The molecule has 0 saturated carbocycles. The van der Waals surface area contributed by atoms with Crippen LogP contribution in [0.15, 0.2) is 18.2 Å². The first-order chi connectivity index (χ1) is 18.0. The minimum atomic E-state index is -1.09. The molecule has 3 saturated heterocycles. The third-order valence-electron chi connectivity index (χ3n) is 7.55. The number of nitrogens with zero attached hydrogens (tertiary/aromatic N) is 2. The van der Waals surface area contributed by atoms with Crippen LogP contribution in [0.3, 0.4) is 0 Å². The summed E-state index contributed by atoms with van der Waals surface area (Å²) in [5.41, 5.74) is 6.18. The number of fused-ring (bicyclic) bond motifs is 2. The molecule has 3 heterocycles. The highest BCUT2D eigenvalue weighted by atomic mass is 31.1. The fourth-order valence-electron chi connectivity index (χ4n) is 5.65. The number of likely N-dealkylation sites (tertiary alicyclic amines) is 1. The number of carbonyl (C=O) groups is 3. The molecule has 1 aromatic carbocycles. The van der Waals surface area contributed by atoms with Gasteiger partial charge in [0, 0.05) is 32.7 Å². The van der Waals surface area contributed by atoms with E-state index in [9.17, 15) is 14.4 Å². The maximum atomic E-state index is 15.1. The number of hydrogen-bond donors (Lipinski definition) is 2. The van der Waals surface area contributed by atoms with E-state index >= 15 is 4.39 Å². The van der Waals surface area contributed by atoms with E-state index in [1.165, 1.54) is 6.07 Å². The Kier molecular flexibility index (Phi) is 8.95. The van der Waals surface area contributed by atoms with Crippen LogP contribution in [0.5, 0.6) is 0 Å². The number of primary amides is 1. The molecule has 210 valence electrons. The van der Waals surface area contributed by atoms with Crippen LogP contribution < -0.4 is 11.1 Å². The van der Waals surface area contributed by atoms with Gasteiger partial charge < -0.3 is 25.4 Å². The first kappa shape index (κ1) is 28.7. The van der Waals surface area contributed by atoms with E-state index < -0.39 is 49.1 Å². The summed E-state index contributed by atoms with van der Waals surface area (Å²) in [6.07, 6.45) is 2.89. The molecule has 3 fully saturated rings. The Balaban J connectivity index is 1.42. The van der Waals surface area contributed by atoms with Crippen LogP contribution >= 0.6 is 7.92 Å². The lowest BCUT2D eigenvalue weighted by Crippen LogP contribution is -2.55. The molecule has 11 heteroatoms. The molecule has 3 N–H and O–H groups in total. The predicted molar refractivity (Wildman–Crippen MR) is 144 cm³/mol. The Labute approximate surface area is 225 Å². The highest BCUT2D eigenvalue weighted by Gasteiger charge is 2.52. The van der Waals surface area contributed by atoms with Crippen molar-refractivity contribution in [1.82, 2.24) is 15.1 Å². The lowest BCUT2D eigenvalue weighted by atomic mass is 9.95. The van der Waals surface area contributed by atoms with Crippen molar-refractivity contribution in [3.63, 3.8) is 0 Å². The quantitative estimate of drug-likeness (QED) is 0.457. The standard InChI is InChI=1S/C27H40FN4O5P/c1-27(2,3)37-26(35)32-20-8-12-38(16-20)25(32)24(34)30-22(23(29)33)14-18-6-5-17(13-21(18)28)19-7-9-31(15-19)10-11-36-4/h5-6,13,19-20,22,25H,7-12,14-16H2,1-4H3,(H2,29,33)(H,30,34)/t19?,20?,22-,25?,38?/m0/s1. The van der Waals surface area contributed by atoms with Gasteiger partial charge in [-0.3, -0.25) is 14.5 Å². The van der Waals surface area contributed by atoms with Gasteiger partial charge in [-0.2, -0.15) is 0 Å². The second-order valence-electron chi connectivity index (χ2n) is 11.5. The molecule has 3 amide bonds. The number of rotatable bonds is 9. The van der Waals surface area contributed by atoms with E-state index in [0.717, 1.165) is 50.4 Å². The van der Waals surface area contributed by atoms with Gasteiger partial charge in [0.15, 0.2) is 0 Å². The molecule has 4 unspecified atom stereocenters. The first-order valence-corrected chi connectivity index (χ1v) is 15.1. The van der Waals surface area contributed by atoms with Gasteiger partial charge in [-0.25, -0.2) is 9.18 Å². The molecule has 0 aromatic heterocycles. The van der Waals surface area contributed by atoms with Gasteiger partial charge in [0.25, 0.3) is 0 Å². The zero-order valence-electron chi connectivity index (χ0n) is 22.7. The summed E-state index contributed by atoms with van der Waals surface area (Å²) in [5, 5.41) is 2.73. The Hall–Kier alpha value is -2.29. The number of nitrogens with one attached hydrogen (secondary N) is 1. The van der Waals surface area contributed by atoms with Crippen LogP contribution in [-0.4, -0.2) is 96.8 Å². The molecule has 3 aliphatic heterocycles. The number of ether oxygens (including phenoxy) is 2. The zero-order valence-corrected chi connectivity index (χ0v) is 23.6. The summed E-state index contributed by atoms with van der Waals surface area (Å²) in [4.78, 5) is 42.4. The summed E-state index contributed by atoms with van der Waals surface area (Å²) in [7, 11) is 0.937. The molecule has 1 aromatic rings. The second-order valence-corrected chi connectivity index (χ2v) is 14.0. The third-order valence-corrected chi connectivity index (χ3v) is 10.5. The second kappa shape index (κ2) is 11.8. The topological polar surface area (TPSA) is 114 Å². The average Bonchev–Trinajstić information content (AvgIpc) is 3.58. The number of methoxy groups -OCH3 is 1. The fourth-order valence-corrected chi connectivity index (χ4v) is 8.85. The van der Waals surface area contributed by atoms with E-state index in [1.54, 1.807) is 38.8 Å². The Bertz CT molecular complexity index is 1050. The summed E-state index contributed by atoms with van der Waals surface area (Å²) in [6, 6.07) is 3.98. The maximum absolute atomic E-state index is 15.1. The molecule has 0 spiro atoms. The summed E-state index contributed by atoms with van der Waals surface area (Å²) >= 11 is 0. The van der Waals surface area contributed by atoms with E-state index in [1.807, 2.05) is 6.07 Å². The molecular formula is C27H40FN4O5P. The average molecular weight is 551 g/mol. The molecule has 9 nitrogen and oxygen atoms in total. The summed E-state index contributed by atoms with van der Waals surface area (Å²) in [5.74, 6) is -2.02. The van der Waals surface area contributed by atoms with Gasteiger partial charge in [0.2, 0.25) is 11.8 Å². The van der Waals surface area contributed by atoms with Gasteiger partial charge in [-0.1, -0.05) is 20.1 Å². The van der Waals surface area contributed by atoms with E-state index in [2.05, 4.69) is 10.2 Å². The smallest absolute Gasteiger partial charge is 0.411 e. The van der Waals surface area contributed by atoms with Crippen molar-refractivity contribution in [3.05, 3.63) is 35.1 Å². The zero-order chi connectivity index (χ0) is 27.6. The van der Waals surface area contributed by atoms with Crippen LogP contribution in [-0.2, 0) is 25.5 Å². The SMILES string of the molecule is COCCN1CCC(c2ccc(C[C@H](NC(=O)C3N(C(=O)OC(C)(C)C)C4CCP3C4)C(N)=O)c(F)c2)C1. The summed E-state index contributed by atoms with van der Waals surface area (Å²) < 4.78 is 25.9. The lowest BCUT2D eigenvalue weighted by Gasteiger charge is -2.36. The van der Waals surface area contributed by atoms with Crippen LogP contribution in [0, 0.1) is 5.82 Å². The van der Waals surface area contributed by atoms with E-state index in [-0.39, 0.29) is 18.4 Å². The van der Waals surface area contributed by atoms with Crippen molar-refractivity contribution < 1.29 is 28.2 Å². The van der Waals surface area contributed by atoms with E-state index in [4.69, 9.17) is 15.2 Å².